The number of quaternary nitrogens is 1. The average Bonchev–Trinajstić information content (AvgIpc) is 2.89. The normalized spacial score (nSPS) is 22.9. The maximum absolute atomic E-state index is 13.0. The van der Waals surface area contributed by atoms with Gasteiger partial charge in [0.15, 0.2) is 6.54 Å². The highest BCUT2D eigenvalue weighted by molar-refractivity contribution is 5.93. The van der Waals surface area contributed by atoms with E-state index in [0.717, 1.165) is 40.9 Å². The Labute approximate surface area is 164 Å². The smallest absolute Gasteiger partial charge is 0.279 e. The fourth-order valence-electron chi connectivity index (χ4n) is 4.52. The molecule has 0 radical (unpaired) electrons. The molecule has 3 nitrogen and oxygen atoms in total. The van der Waals surface area contributed by atoms with Crippen LogP contribution in [-0.2, 0) is 4.79 Å². The summed E-state index contributed by atoms with van der Waals surface area (Å²) < 4.78 is 0.885. The van der Waals surface area contributed by atoms with Crippen LogP contribution in [0.3, 0.4) is 0 Å². The third-order valence-electron chi connectivity index (χ3n) is 6.21. The van der Waals surface area contributed by atoms with E-state index in [-0.39, 0.29) is 5.91 Å². The largest absolute Gasteiger partial charge is 0.321 e. The summed E-state index contributed by atoms with van der Waals surface area (Å²) in [5, 5.41) is 3.21. The van der Waals surface area contributed by atoms with Crippen molar-refractivity contribution < 1.29 is 9.28 Å². The van der Waals surface area contributed by atoms with Gasteiger partial charge in [-0.3, -0.25) is 4.79 Å². The van der Waals surface area contributed by atoms with Crippen molar-refractivity contribution in [3.8, 4) is 0 Å². The van der Waals surface area contributed by atoms with Crippen LogP contribution in [0.15, 0.2) is 48.5 Å². The summed E-state index contributed by atoms with van der Waals surface area (Å²) in [5.41, 5.74) is 4.66. The molecule has 1 amide bonds. The van der Waals surface area contributed by atoms with Gasteiger partial charge in [-0.2, -0.15) is 0 Å². The fraction of sp³-hybridized carbons (Fsp3) is 0.458. The fourth-order valence-corrected chi connectivity index (χ4v) is 4.52. The zero-order valence-electron chi connectivity index (χ0n) is 17.0. The SMILES string of the molecule is CC[N+]1(CC(=O)Nc2c(C)cccc2C)CCCCC(c2ccccc2)C1. The number of para-hydroxylation sites is 1. The van der Waals surface area contributed by atoms with E-state index < -0.39 is 0 Å². The molecular weight excluding hydrogens is 332 g/mol. The summed E-state index contributed by atoms with van der Waals surface area (Å²) in [6, 6.07) is 17.0. The van der Waals surface area contributed by atoms with E-state index >= 15 is 0 Å². The first-order valence-electron chi connectivity index (χ1n) is 10.3. The van der Waals surface area contributed by atoms with Crippen LogP contribution in [0.4, 0.5) is 5.69 Å². The molecule has 0 spiro atoms. The quantitative estimate of drug-likeness (QED) is 0.739. The number of rotatable bonds is 5. The molecule has 1 heterocycles. The zero-order valence-corrected chi connectivity index (χ0v) is 17.0. The lowest BCUT2D eigenvalue weighted by Crippen LogP contribution is -2.54. The molecule has 2 aromatic carbocycles. The highest BCUT2D eigenvalue weighted by Gasteiger charge is 2.34. The molecule has 0 aromatic heterocycles. The van der Waals surface area contributed by atoms with Gasteiger partial charge in [-0.05, 0) is 56.7 Å². The number of aryl methyl sites for hydroxylation is 2. The number of anilines is 1. The molecule has 144 valence electrons. The molecule has 27 heavy (non-hydrogen) atoms. The first-order valence-corrected chi connectivity index (χ1v) is 10.3. The van der Waals surface area contributed by atoms with Crippen molar-refractivity contribution >= 4 is 11.6 Å². The number of likely N-dealkylation sites (tertiary alicyclic amines) is 1. The van der Waals surface area contributed by atoms with E-state index in [1.807, 2.05) is 6.07 Å². The van der Waals surface area contributed by atoms with E-state index in [1.165, 1.54) is 24.8 Å². The summed E-state index contributed by atoms with van der Waals surface area (Å²) in [6.07, 6.45) is 3.68. The van der Waals surface area contributed by atoms with E-state index in [0.29, 0.717) is 12.5 Å². The first kappa shape index (κ1) is 19.6. The summed E-state index contributed by atoms with van der Waals surface area (Å²) in [4.78, 5) is 13.0. The molecule has 2 unspecified atom stereocenters. The van der Waals surface area contributed by atoms with Gasteiger partial charge in [0, 0.05) is 11.6 Å². The maximum atomic E-state index is 13.0. The van der Waals surface area contributed by atoms with Crippen molar-refractivity contribution in [1.29, 1.82) is 0 Å². The Kier molecular flexibility index (Phi) is 6.33. The number of carbonyl (C=O) groups excluding carboxylic acids is 1. The first-order chi connectivity index (χ1) is 13.0. The Hall–Kier alpha value is -2.13. The summed E-state index contributed by atoms with van der Waals surface area (Å²) in [6.45, 7) is 10.1. The molecule has 2 aromatic rings. The van der Waals surface area contributed by atoms with Gasteiger partial charge in [0.25, 0.3) is 5.91 Å². The lowest BCUT2D eigenvalue weighted by Gasteiger charge is -2.38. The molecule has 3 rings (SSSR count). The van der Waals surface area contributed by atoms with Gasteiger partial charge < -0.3 is 9.80 Å². The summed E-state index contributed by atoms with van der Waals surface area (Å²) >= 11 is 0. The van der Waals surface area contributed by atoms with Crippen LogP contribution < -0.4 is 5.32 Å². The minimum absolute atomic E-state index is 0.142. The molecule has 2 atom stereocenters. The second-order valence-corrected chi connectivity index (χ2v) is 8.14. The third kappa shape index (κ3) is 4.78. The standard InChI is InChI=1S/C24H32N2O/c1-4-26(18-23(27)25-24-19(2)11-10-12-20(24)3)16-9-8-15-22(17-26)21-13-6-5-7-14-21/h5-7,10-14,22H,4,8-9,15-18H2,1-3H3/p+1. The van der Waals surface area contributed by atoms with Gasteiger partial charge >= 0.3 is 0 Å². The van der Waals surface area contributed by atoms with Crippen molar-refractivity contribution in [3.63, 3.8) is 0 Å². The van der Waals surface area contributed by atoms with Crippen LogP contribution in [-0.4, -0.2) is 36.6 Å². The highest BCUT2D eigenvalue weighted by Crippen LogP contribution is 2.30. The summed E-state index contributed by atoms with van der Waals surface area (Å²) in [7, 11) is 0. The van der Waals surface area contributed by atoms with Gasteiger partial charge in [0.1, 0.15) is 0 Å². The number of benzene rings is 2. The van der Waals surface area contributed by atoms with Crippen molar-refractivity contribution in [2.45, 2.75) is 46.0 Å². The molecule has 1 saturated heterocycles. The van der Waals surface area contributed by atoms with E-state index in [9.17, 15) is 4.79 Å². The molecule has 0 aliphatic carbocycles. The van der Waals surface area contributed by atoms with Gasteiger partial charge in [0.05, 0.1) is 19.6 Å². The molecule has 1 N–H and O–H groups in total. The molecule has 0 saturated carbocycles. The van der Waals surface area contributed by atoms with Gasteiger partial charge in [-0.15, -0.1) is 0 Å². The maximum Gasteiger partial charge on any atom is 0.279 e. The predicted molar refractivity (Wildman–Crippen MR) is 113 cm³/mol. The number of amides is 1. The Morgan fingerprint density at radius 3 is 2.41 bits per heavy atom. The molecule has 0 bridgehead atoms. The monoisotopic (exact) mass is 365 g/mol. The zero-order chi connectivity index (χ0) is 19.3. The summed E-state index contributed by atoms with van der Waals surface area (Å²) in [5.74, 6) is 0.685. The Bertz CT molecular complexity index is 751. The Morgan fingerprint density at radius 1 is 1.04 bits per heavy atom. The van der Waals surface area contributed by atoms with Crippen molar-refractivity contribution in [1.82, 2.24) is 0 Å². The van der Waals surface area contributed by atoms with Crippen LogP contribution in [0.5, 0.6) is 0 Å². The van der Waals surface area contributed by atoms with Gasteiger partial charge in [0.2, 0.25) is 0 Å². The van der Waals surface area contributed by atoms with Gasteiger partial charge in [-0.1, -0.05) is 48.5 Å². The third-order valence-corrected chi connectivity index (χ3v) is 6.21. The number of carbonyl (C=O) groups is 1. The Morgan fingerprint density at radius 2 is 1.74 bits per heavy atom. The van der Waals surface area contributed by atoms with Crippen LogP contribution in [0.1, 0.15) is 48.8 Å². The van der Waals surface area contributed by atoms with E-state index in [2.05, 4.69) is 68.6 Å². The number of hydrogen-bond acceptors (Lipinski definition) is 1. The van der Waals surface area contributed by atoms with Crippen LogP contribution in [0, 0.1) is 13.8 Å². The Balaban J connectivity index is 1.76. The van der Waals surface area contributed by atoms with E-state index in [4.69, 9.17) is 0 Å². The van der Waals surface area contributed by atoms with Crippen LogP contribution in [0.25, 0.3) is 0 Å². The second kappa shape index (κ2) is 8.71. The van der Waals surface area contributed by atoms with Crippen molar-refractivity contribution in [2.75, 3.05) is 31.5 Å². The lowest BCUT2D eigenvalue weighted by molar-refractivity contribution is -0.919. The van der Waals surface area contributed by atoms with Crippen LogP contribution >= 0.6 is 0 Å². The molecule has 1 fully saturated rings. The topological polar surface area (TPSA) is 29.1 Å². The lowest BCUT2D eigenvalue weighted by atomic mass is 9.94. The molecule has 1 aliphatic rings. The highest BCUT2D eigenvalue weighted by atomic mass is 16.2. The second-order valence-electron chi connectivity index (χ2n) is 8.14. The average molecular weight is 366 g/mol. The van der Waals surface area contributed by atoms with Crippen molar-refractivity contribution in [3.05, 3.63) is 65.2 Å². The number of nitrogens with one attached hydrogen (secondary N) is 1. The number of nitrogens with zero attached hydrogens (tertiary/aromatic N) is 1. The molecule has 1 aliphatic heterocycles. The predicted octanol–water partition coefficient (Wildman–Crippen LogP) is 5.05. The minimum atomic E-state index is 0.142. The van der Waals surface area contributed by atoms with Crippen LogP contribution in [0.2, 0.25) is 0 Å². The van der Waals surface area contributed by atoms with E-state index in [1.54, 1.807) is 0 Å². The number of hydrogen-bond donors (Lipinski definition) is 1. The number of likely N-dealkylation sites (N-methyl/N-ethyl adjacent to an activating group) is 1. The minimum Gasteiger partial charge on any atom is -0.321 e. The van der Waals surface area contributed by atoms with Crippen molar-refractivity contribution in [2.24, 2.45) is 0 Å². The van der Waals surface area contributed by atoms with Gasteiger partial charge in [-0.25, -0.2) is 0 Å². The molecular formula is C24H33N2O+. The molecule has 3 heteroatoms.